The van der Waals surface area contributed by atoms with Crippen LogP contribution in [0.4, 0.5) is 0 Å². The van der Waals surface area contributed by atoms with Gasteiger partial charge in [-0.05, 0) is 45.7 Å². The quantitative estimate of drug-likeness (QED) is 0.783. The normalized spacial score (nSPS) is 29.3. The predicted octanol–water partition coefficient (Wildman–Crippen LogP) is 1.09. The monoisotopic (exact) mass is 268 g/mol. The van der Waals surface area contributed by atoms with Crippen LogP contribution in [0.3, 0.4) is 0 Å². The fourth-order valence-corrected chi connectivity index (χ4v) is 3.26. The van der Waals surface area contributed by atoms with Gasteiger partial charge in [0.15, 0.2) is 0 Å². The zero-order valence-electron chi connectivity index (χ0n) is 11.6. The van der Waals surface area contributed by atoms with Crippen LogP contribution in [0.2, 0.25) is 0 Å². The number of aliphatic carboxylic acids is 1. The number of carbonyl (C=O) groups excluding carboxylic acids is 1. The molecule has 5 heteroatoms. The minimum absolute atomic E-state index is 0.0732. The minimum Gasteiger partial charge on any atom is -0.481 e. The Kier molecular flexibility index (Phi) is 4.80. The number of rotatable bonds is 5. The average molecular weight is 268 g/mol. The second kappa shape index (κ2) is 6.37. The molecule has 0 aromatic carbocycles. The lowest BCUT2D eigenvalue weighted by atomic mass is 9.95. The smallest absolute Gasteiger partial charge is 0.307 e. The van der Waals surface area contributed by atoms with Gasteiger partial charge in [0.25, 0.3) is 0 Å². The van der Waals surface area contributed by atoms with E-state index in [1.165, 1.54) is 12.8 Å². The Hall–Kier alpha value is -1.10. The van der Waals surface area contributed by atoms with Crippen LogP contribution in [0.25, 0.3) is 0 Å². The van der Waals surface area contributed by atoms with Crippen molar-refractivity contribution in [3.8, 4) is 0 Å². The van der Waals surface area contributed by atoms with Crippen LogP contribution >= 0.6 is 0 Å². The van der Waals surface area contributed by atoms with Crippen molar-refractivity contribution in [2.24, 2.45) is 11.8 Å². The summed E-state index contributed by atoms with van der Waals surface area (Å²) >= 11 is 0. The van der Waals surface area contributed by atoms with Crippen LogP contribution in [0, 0.1) is 11.8 Å². The summed E-state index contributed by atoms with van der Waals surface area (Å²) in [5, 5.41) is 12.0. The Labute approximate surface area is 114 Å². The van der Waals surface area contributed by atoms with E-state index in [0.29, 0.717) is 25.4 Å². The van der Waals surface area contributed by atoms with E-state index < -0.39 is 11.9 Å². The molecule has 1 unspecified atom stereocenters. The maximum Gasteiger partial charge on any atom is 0.307 e. The summed E-state index contributed by atoms with van der Waals surface area (Å²) in [7, 11) is 0. The second-order valence-corrected chi connectivity index (χ2v) is 5.82. The van der Waals surface area contributed by atoms with Crippen molar-refractivity contribution in [2.75, 3.05) is 19.6 Å². The van der Waals surface area contributed by atoms with E-state index in [1.54, 1.807) is 0 Å². The molecule has 1 aliphatic heterocycles. The Morgan fingerprint density at radius 3 is 2.47 bits per heavy atom. The number of carbonyl (C=O) groups is 2. The van der Waals surface area contributed by atoms with Gasteiger partial charge in [-0.25, -0.2) is 0 Å². The number of nitrogens with one attached hydrogen (secondary N) is 1. The highest BCUT2D eigenvalue weighted by Crippen LogP contribution is 2.32. The molecule has 1 amide bonds. The van der Waals surface area contributed by atoms with Crippen molar-refractivity contribution in [3.05, 3.63) is 0 Å². The first kappa shape index (κ1) is 14.3. The molecule has 1 saturated carbocycles. The number of amides is 1. The van der Waals surface area contributed by atoms with E-state index in [4.69, 9.17) is 5.11 Å². The summed E-state index contributed by atoms with van der Waals surface area (Å²) in [6, 6.07) is 0.344. The van der Waals surface area contributed by atoms with E-state index in [1.807, 2.05) is 0 Å². The highest BCUT2D eigenvalue weighted by molar-refractivity contribution is 5.85. The van der Waals surface area contributed by atoms with Crippen molar-refractivity contribution in [3.63, 3.8) is 0 Å². The summed E-state index contributed by atoms with van der Waals surface area (Å²) in [4.78, 5) is 25.5. The first-order chi connectivity index (χ1) is 9.09. The molecule has 0 aromatic heterocycles. The van der Waals surface area contributed by atoms with Gasteiger partial charge in [0.1, 0.15) is 0 Å². The summed E-state index contributed by atoms with van der Waals surface area (Å²) in [5.74, 6) is -1.72. The molecule has 0 radical (unpaired) electrons. The first-order valence-corrected chi connectivity index (χ1v) is 7.34. The Morgan fingerprint density at radius 2 is 1.84 bits per heavy atom. The van der Waals surface area contributed by atoms with Gasteiger partial charge in [0.2, 0.25) is 5.91 Å². The Bertz CT molecular complexity index is 340. The van der Waals surface area contributed by atoms with Gasteiger partial charge in [-0.1, -0.05) is 6.42 Å². The summed E-state index contributed by atoms with van der Waals surface area (Å²) in [5.41, 5.74) is 0. The van der Waals surface area contributed by atoms with Gasteiger partial charge in [-0.3, -0.25) is 14.5 Å². The zero-order valence-corrected chi connectivity index (χ0v) is 11.6. The van der Waals surface area contributed by atoms with Crippen LogP contribution in [0.1, 0.15) is 39.0 Å². The molecule has 0 aromatic rings. The number of hydrogen-bond acceptors (Lipinski definition) is 3. The SMILES string of the molecule is CC(CNC(=O)[C@@H]1CCC[C@@H]1C(=O)O)N1CCCC1. The third-order valence-corrected chi connectivity index (χ3v) is 4.51. The molecule has 19 heavy (non-hydrogen) atoms. The van der Waals surface area contributed by atoms with Gasteiger partial charge in [-0.2, -0.15) is 0 Å². The Morgan fingerprint density at radius 1 is 1.21 bits per heavy atom. The molecule has 2 rings (SSSR count). The maximum atomic E-state index is 12.1. The van der Waals surface area contributed by atoms with E-state index in [2.05, 4.69) is 17.1 Å². The highest BCUT2D eigenvalue weighted by Gasteiger charge is 2.37. The van der Waals surface area contributed by atoms with Crippen LogP contribution in [-0.2, 0) is 9.59 Å². The van der Waals surface area contributed by atoms with Crippen molar-refractivity contribution in [1.29, 1.82) is 0 Å². The van der Waals surface area contributed by atoms with E-state index >= 15 is 0 Å². The second-order valence-electron chi connectivity index (χ2n) is 5.82. The van der Waals surface area contributed by atoms with E-state index in [-0.39, 0.29) is 11.8 Å². The van der Waals surface area contributed by atoms with Crippen molar-refractivity contribution in [2.45, 2.75) is 45.1 Å². The third-order valence-electron chi connectivity index (χ3n) is 4.51. The molecular weight excluding hydrogens is 244 g/mol. The topological polar surface area (TPSA) is 69.6 Å². The Balaban J connectivity index is 1.78. The fraction of sp³-hybridized carbons (Fsp3) is 0.857. The maximum absolute atomic E-state index is 12.1. The van der Waals surface area contributed by atoms with E-state index in [9.17, 15) is 9.59 Å². The van der Waals surface area contributed by atoms with Crippen LogP contribution < -0.4 is 5.32 Å². The van der Waals surface area contributed by atoms with Crippen LogP contribution in [0.5, 0.6) is 0 Å². The standard InChI is InChI=1S/C14H24N2O3/c1-10(16-7-2-3-8-16)9-15-13(17)11-5-4-6-12(11)14(18)19/h10-12H,2-9H2,1H3,(H,15,17)(H,18,19)/t10?,11-,12+/m1/s1. The third kappa shape index (κ3) is 3.47. The molecule has 108 valence electrons. The largest absolute Gasteiger partial charge is 0.481 e. The van der Waals surface area contributed by atoms with Gasteiger partial charge < -0.3 is 10.4 Å². The lowest BCUT2D eigenvalue weighted by Gasteiger charge is -2.25. The first-order valence-electron chi connectivity index (χ1n) is 7.34. The molecule has 2 fully saturated rings. The van der Waals surface area contributed by atoms with Crippen LogP contribution in [0.15, 0.2) is 0 Å². The number of carboxylic acid groups (broad SMARTS) is 1. The molecule has 3 atom stereocenters. The van der Waals surface area contributed by atoms with Gasteiger partial charge >= 0.3 is 5.97 Å². The van der Waals surface area contributed by atoms with Gasteiger partial charge in [-0.15, -0.1) is 0 Å². The molecule has 1 aliphatic carbocycles. The van der Waals surface area contributed by atoms with E-state index in [0.717, 1.165) is 19.5 Å². The number of hydrogen-bond donors (Lipinski definition) is 2. The number of carboxylic acids is 1. The molecular formula is C14H24N2O3. The lowest BCUT2D eigenvalue weighted by Crippen LogP contribution is -2.43. The molecule has 0 bridgehead atoms. The number of likely N-dealkylation sites (tertiary alicyclic amines) is 1. The fourth-order valence-electron chi connectivity index (χ4n) is 3.26. The number of nitrogens with zero attached hydrogens (tertiary/aromatic N) is 1. The minimum atomic E-state index is -0.828. The molecule has 2 aliphatic rings. The van der Waals surface area contributed by atoms with Crippen molar-refractivity contribution >= 4 is 11.9 Å². The molecule has 1 saturated heterocycles. The van der Waals surface area contributed by atoms with Crippen LogP contribution in [-0.4, -0.2) is 47.6 Å². The molecule has 5 nitrogen and oxygen atoms in total. The summed E-state index contributed by atoms with van der Waals surface area (Å²) in [6.45, 7) is 4.97. The van der Waals surface area contributed by atoms with Crippen molar-refractivity contribution < 1.29 is 14.7 Å². The van der Waals surface area contributed by atoms with Crippen molar-refractivity contribution in [1.82, 2.24) is 10.2 Å². The predicted molar refractivity (Wildman–Crippen MR) is 71.7 cm³/mol. The average Bonchev–Trinajstić information content (AvgIpc) is 3.04. The van der Waals surface area contributed by atoms with Gasteiger partial charge in [0.05, 0.1) is 11.8 Å². The molecule has 2 N–H and O–H groups in total. The lowest BCUT2D eigenvalue weighted by molar-refractivity contribution is -0.146. The summed E-state index contributed by atoms with van der Waals surface area (Å²) < 4.78 is 0. The van der Waals surface area contributed by atoms with Gasteiger partial charge in [0, 0.05) is 12.6 Å². The summed E-state index contributed by atoms with van der Waals surface area (Å²) in [6.07, 6.45) is 4.66. The molecule has 1 heterocycles. The zero-order chi connectivity index (χ0) is 13.8. The molecule has 0 spiro atoms. The highest BCUT2D eigenvalue weighted by atomic mass is 16.4.